The zero-order valence-electron chi connectivity index (χ0n) is 18.7. The molecule has 0 radical (unpaired) electrons. The number of aliphatic imine (C=N–C) groups is 1. The maximum atomic E-state index is 12.2. The Morgan fingerprint density at radius 1 is 1.27 bits per heavy atom. The van der Waals surface area contributed by atoms with Crippen molar-refractivity contribution >= 4 is 22.4 Å². The molecule has 1 aromatic carbocycles. The van der Waals surface area contributed by atoms with E-state index in [1.807, 2.05) is 19.1 Å². The fourth-order valence-electron chi connectivity index (χ4n) is 4.58. The summed E-state index contributed by atoms with van der Waals surface area (Å²) in [6.07, 6.45) is 5.49. The molecule has 3 rings (SSSR count). The monoisotopic (exact) mass is 434 g/mol. The summed E-state index contributed by atoms with van der Waals surface area (Å²) < 4.78 is 17.8. The molecule has 2 aliphatic rings. The van der Waals surface area contributed by atoms with Crippen LogP contribution >= 0.6 is 0 Å². The number of rotatable bonds is 8. The first-order valence-corrected chi connectivity index (χ1v) is 12.8. The summed E-state index contributed by atoms with van der Waals surface area (Å²) in [5.74, 6) is 3.14. The quantitative estimate of drug-likeness (QED) is 0.486. The van der Waals surface area contributed by atoms with Crippen LogP contribution in [-0.2, 0) is 10.8 Å². The smallest absolute Gasteiger partial charge is 0.191 e. The third-order valence-electron chi connectivity index (χ3n) is 6.19. The van der Waals surface area contributed by atoms with Gasteiger partial charge in [0, 0.05) is 54.0 Å². The predicted octanol–water partition coefficient (Wildman–Crippen LogP) is 3.16. The molecule has 1 aromatic rings. The van der Waals surface area contributed by atoms with Crippen LogP contribution < -0.4 is 20.3 Å². The zero-order chi connectivity index (χ0) is 21.3. The lowest BCUT2D eigenvalue weighted by molar-refractivity contribution is 0.413. The number of hydrogen-bond donors (Lipinski definition) is 2. The van der Waals surface area contributed by atoms with E-state index in [0.717, 1.165) is 75.7 Å². The average Bonchev–Trinajstić information content (AvgIpc) is 3.26. The van der Waals surface area contributed by atoms with Crippen molar-refractivity contribution in [1.29, 1.82) is 0 Å². The molecule has 0 bridgehead atoms. The molecular weight excluding hydrogens is 396 g/mol. The van der Waals surface area contributed by atoms with Crippen molar-refractivity contribution in [3.8, 4) is 5.75 Å². The lowest BCUT2D eigenvalue weighted by atomic mass is 9.95. The van der Waals surface area contributed by atoms with Gasteiger partial charge in [0.25, 0.3) is 0 Å². The van der Waals surface area contributed by atoms with Gasteiger partial charge in [0.15, 0.2) is 5.96 Å². The van der Waals surface area contributed by atoms with Crippen molar-refractivity contribution in [2.45, 2.75) is 57.2 Å². The molecular formula is C23H38N4O2S. The van der Waals surface area contributed by atoms with E-state index in [4.69, 9.17) is 9.73 Å². The number of ether oxygens (including phenoxy) is 1. The van der Waals surface area contributed by atoms with Crippen molar-refractivity contribution in [2.24, 2.45) is 10.9 Å². The van der Waals surface area contributed by atoms with E-state index in [2.05, 4.69) is 34.6 Å². The predicted molar refractivity (Wildman–Crippen MR) is 127 cm³/mol. The first-order chi connectivity index (χ1) is 14.6. The summed E-state index contributed by atoms with van der Waals surface area (Å²) in [5, 5.41) is 7.35. The Balaban J connectivity index is 1.55. The van der Waals surface area contributed by atoms with Gasteiger partial charge in [-0.1, -0.05) is 25.5 Å². The molecule has 2 N–H and O–H groups in total. The molecule has 0 amide bonds. The highest BCUT2D eigenvalue weighted by atomic mass is 32.2. The maximum absolute atomic E-state index is 12.2. The van der Waals surface area contributed by atoms with Crippen LogP contribution in [0.25, 0.3) is 0 Å². The number of nitrogens with zero attached hydrogens (tertiary/aromatic N) is 2. The van der Waals surface area contributed by atoms with E-state index in [-0.39, 0.29) is 0 Å². The van der Waals surface area contributed by atoms with Crippen molar-refractivity contribution in [3.63, 3.8) is 0 Å². The number of hydrogen-bond acceptors (Lipinski definition) is 4. The van der Waals surface area contributed by atoms with E-state index in [1.165, 1.54) is 5.69 Å². The highest BCUT2D eigenvalue weighted by Gasteiger charge is 2.27. The Labute approximate surface area is 184 Å². The molecule has 4 atom stereocenters. The molecule has 1 saturated carbocycles. The largest absolute Gasteiger partial charge is 0.495 e. The fourth-order valence-corrected chi connectivity index (χ4v) is 5.92. The molecule has 1 aliphatic carbocycles. The van der Waals surface area contributed by atoms with Gasteiger partial charge in [-0.05, 0) is 50.7 Å². The Hall–Kier alpha value is -1.76. The minimum atomic E-state index is -0.700. The number of nitrogens with one attached hydrogen (secondary N) is 2. The summed E-state index contributed by atoms with van der Waals surface area (Å²) in [4.78, 5) is 7.32. The van der Waals surface area contributed by atoms with Crippen molar-refractivity contribution in [3.05, 3.63) is 24.3 Å². The Bertz CT molecular complexity index is 727. The first kappa shape index (κ1) is 22.9. The van der Waals surface area contributed by atoms with Gasteiger partial charge in [-0.15, -0.1) is 0 Å². The minimum absolute atomic E-state index is 0.327. The van der Waals surface area contributed by atoms with Gasteiger partial charge in [-0.2, -0.15) is 0 Å². The molecule has 1 saturated heterocycles. The number of benzene rings is 1. The minimum Gasteiger partial charge on any atom is -0.495 e. The summed E-state index contributed by atoms with van der Waals surface area (Å²) in [5.41, 5.74) is 1.17. The van der Waals surface area contributed by atoms with Crippen LogP contribution in [0.3, 0.4) is 0 Å². The first-order valence-electron chi connectivity index (χ1n) is 11.4. The number of anilines is 1. The van der Waals surface area contributed by atoms with Crippen molar-refractivity contribution in [1.82, 2.24) is 10.6 Å². The Morgan fingerprint density at radius 2 is 2.10 bits per heavy atom. The van der Waals surface area contributed by atoms with Crippen LogP contribution in [0.2, 0.25) is 0 Å². The number of methoxy groups -OCH3 is 1. The van der Waals surface area contributed by atoms with Crippen LogP contribution in [-0.4, -0.2) is 60.5 Å². The standard InChI is InChI=1S/C23H38N4O2S/c1-4-24-23(26-19-9-8-10-20(15-19)30(28)5-2)25-16-18-13-14-27(17-18)21-11-6-7-12-22(21)29-3/h6-7,11-12,18-20H,4-5,8-10,13-17H2,1-3H3,(H2,24,25,26). The molecule has 0 spiro atoms. The van der Waals surface area contributed by atoms with Gasteiger partial charge in [0.05, 0.1) is 12.8 Å². The highest BCUT2D eigenvalue weighted by molar-refractivity contribution is 7.85. The molecule has 4 unspecified atom stereocenters. The van der Waals surface area contributed by atoms with E-state index in [1.54, 1.807) is 7.11 Å². The Kier molecular flexibility index (Phi) is 8.85. The van der Waals surface area contributed by atoms with Crippen LogP contribution in [0.15, 0.2) is 29.3 Å². The molecule has 168 valence electrons. The maximum Gasteiger partial charge on any atom is 0.191 e. The molecule has 30 heavy (non-hydrogen) atoms. The van der Waals surface area contributed by atoms with Gasteiger partial charge in [-0.3, -0.25) is 9.20 Å². The van der Waals surface area contributed by atoms with E-state index >= 15 is 0 Å². The average molecular weight is 435 g/mol. The summed E-state index contributed by atoms with van der Waals surface area (Å²) in [6, 6.07) is 8.61. The van der Waals surface area contributed by atoms with Crippen LogP contribution in [0.4, 0.5) is 5.69 Å². The van der Waals surface area contributed by atoms with E-state index in [9.17, 15) is 4.21 Å². The van der Waals surface area contributed by atoms with Gasteiger partial charge in [0.2, 0.25) is 0 Å². The topological polar surface area (TPSA) is 66.0 Å². The van der Waals surface area contributed by atoms with Crippen molar-refractivity contribution < 1.29 is 8.95 Å². The number of para-hydroxylation sites is 2. The molecule has 1 heterocycles. The highest BCUT2D eigenvalue weighted by Crippen LogP contribution is 2.32. The molecule has 7 heteroatoms. The summed E-state index contributed by atoms with van der Waals surface area (Å²) >= 11 is 0. The number of guanidine groups is 1. The van der Waals surface area contributed by atoms with Crippen LogP contribution in [0, 0.1) is 5.92 Å². The van der Waals surface area contributed by atoms with Crippen molar-refractivity contribution in [2.75, 3.05) is 43.9 Å². The molecule has 1 aliphatic heterocycles. The second kappa shape index (κ2) is 11.6. The molecule has 2 fully saturated rings. The normalized spacial score (nSPS) is 25.8. The van der Waals surface area contributed by atoms with Gasteiger partial charge in [0.1, 0.15) is 5.75 Å². The zero-order valence-corrected chi connectivity index (χ0v) is 19.5. The lowest BCUT2D eigenvalue weighted by Gasteiger charge is -2.30. The summed E-state index contributed by atoms with van der Waals surface area (Å²) in [7, 11) is 1.03. The third-order valence-corrected chi connectivity index (χ3v) is 7.93. The summed E-state index contributed by atoms with van der Waals surface area (Å²) in [6.45, 7) is 7.83. The third kappa shape index (κ3) is 6.13. The van der Waals surface area contributed by atoms with E-state index < -0.39 is 10.8 Å². The lowest BCUT2D eigenvalue weighted by Crippen LogP contribution is -2.46. The Morgan fingerprint density at radius 3 is 2.87 bits per heavy atom. The van der Waals surface area contributed by atoms with Gasteiger partial charge in [-0.25, -0.2) is 0 Å². The molecule has 6 nitrogen and oxygen atoms in total. The van der Waals surface area contributed by atoms with Gasteiger partial charge < -0.3 is 20.3 Å². The van der Waals surface area contributed by atoms with E-state index in [0.29, 0.717) is 17.2 Å². The second-order valence-corrected chi connectivity index (χ2v) is 10.3. The molecule has 0 aromatic heterocycles. The fraction of sp³-hybridized carbons (Fsp3) is 0.696. The SMILES string of the molecule is CCNC(=NCC1CCN(c2ccccc2OC)C1)NC1CCCC(S(=O)CC)C1. The van der Waals surface area contributed by atoms with Crippen LogP contribution in [0.5, 0.6) is 5.75 Å². The second-order valence-electron chi connectivity index (χ2n) is 8.29. The van der Waals surface area contributed by atoms with Crippen LogP contribution in [0.1, 0.15) is 46.0 Å². The van der Waals surface area contributed by atoms with Gasteiger partial charge >= 0.3 is 0 Å².